The van der Waals surface area contributed by atoms with Gasteiger partial charge in [-0.15, -0.1) is 10.2 Å². The number of carboxylic acids is 1. The molecule has 1 fully saturated rings. The standard InChI is InChI=1S/C9H14N6O3/c16-8(17)6-2-1-3-15(5-6)9(18)10-4-7-11-13-14-12-7/h6H,1-5H2,(H,10,18)(H,16,17)(H,11,12,13,14). The number of tetrazole rings is 1. The number of aromatic nitrogens is 4. The van der Waals surface area contributed by atoms with Gasteiger partial charge in [-0.05, 0) is 12.8 Å². The Balaban J connectivity index is 1.83. The molecule has 1 unspecified atom stereocenters. The predicted octanol–water partition coefficient (Wildman–Crippen LogP) is -0.794. The summed E-state index contributed by atoms with van der Waals surface area (Å²) in [6, 6.07) is -0.300. The van der Waals surface area contributed by atoms with Gasteiger partial charge in [0, 0.05) is 13.1 Å². The van der Waals surface area contributed by atoms with E-state index in [-0.39, 0.29) is 19.1 Å². The Bertz CT molecular complexity index is 420. The maximum absolute atomic E-state index is 11.8. The summed E-state index contributed by atoms with van der Waals surface area (Å²) >= 11 is 0. The number of likely N-dealkylation sites (tertiary alicyclic amines) is 1. The molecule has 0 saturated carbocycles. The van der Waals surface area contributed by atoms with Crippen LogP contribution >= 0.6 is 0 Å². The molecule has 2 heterocycles. The normalized spacial score (nSPS) is 19.6. The second-order valence-corrected chi connectivity index (χ2v) is 4.11. The average molecular weight is 254 g/mol. The Morgan fingerprint density at radius 2 is 2.39 bits per heavy atom. The molecule has 3 N–H and O–H groups in total. The lowest BCUT2D eigenvalue weighted by Gasteiger charge is -2.30. The largest absolute Gasteiger partial charge is 0.481 e. The van der Waals surface area contributed by atoms with E-state index in [1.165, 1.54) is 4.90 Å². The number of aliphatic carboxylic acids is 1. The lowest BCUT2D eigenvalue weighted by Crippen LogP contribution is -2.46. The van der Waals surface area contributed by atoms with Gasteiger partial charge in [0.05, 0.1) is 12.5 Å². The Morgan fingerprint density at radius 1 is 1.56 bits per heavy atom. The number of amides is 2. The van der Waals surface area contributed by atoms with E-state index in [2.05, 4.69) is 25.9 Å². The summed E-state index contributed by atoms with van der Waals surface area (Å²) in [6.07, 6.45) is 1.32. The minimum absolute atomic E-state index is 0.170. The predicted molar refractivity (Wildman–Crippen MR) is 58.3 cm³/mol. The molecule has 1 aliphatic heterocycles. The van der Waals surface area contributed by atoms with E-state index in [1.54, 1.807) is 0 Å². The number of rotatable bonds is 3. The third-order valence-electron chi connectivity index (χ3n) is 2.84. The molecular formula is C9H14N6O3. The third kappa shape index (κ3) is 2.93. The quantitative estimate of drug-likeness (QED) is 0.649. The van der Waals surface area contributed by atoms with Crippen molar-refractivity contribution >= 4 is 12.0 Å². The van der Waals surface area contributed by atoms with Gasteiger partial charge in [-0.3, -0.25) is 4.79 Å². The Kier molecular flexibility index (Phi) is 3.70. The first-order valence-corrected chi connectivity index (χ1v) is 5.64. The summed E-state index contributed by atoms with van der Waals surface area (Å²) in [5, 5.41) is 24.6. The van der Waals surface area contributed by atoms with Crippen LogP contribution in [0.5, 0.6) is 0 Å². The number of nitrogens with one attached hydrogen (secondary N) is 2. The lowest BCUT2D eigenvalue weighted by molar-refractivity contribution is -0.143. The number of nitrogens with zero attached hydrogens (tertiary/aromatic N) is 4. The molecule has 1 aromatic heterocycles. The van der Waals surface area contributed by atoms with Gasteiger partial charge in [0.1, 0.15) is 0 Å². The highest BCUT2D eigenvalue weighted by molar-refractivity contribution is 5.76. The Hall–Kier alpha value is -2.19. The van der Waals surface area contributed by atoms with Crippen LogP contribution in [0, 0.1) is 5.92 Å². The molecule has 0 aliphatic carbocycles. The minimum atomic E-state index is -0.856. The van der Waals surface area contributed by atoms with Crippen LogP contribution in [0.1, 0.15) is 18.7 Å². The van der Waals surface area contributed by atoms with Gasteiger partial charge in [0.2, 0.25) is 0 Å². The smallest absolute Gasteiger partial charge is 0.317 e. The number of carbonyl (C=O) groups is 2. The van der Waals surface area contributed by atoms with Crippen LogP contribution in [0.4, 0.5) is 4.79 Å². The summed E-state index contributed by atoms with van der Waals surface area (Å²) in [6.45, 7) is 0.985. The molecule has 1 atom stereocenters. The highest BCUT2D eigenvalue weighted by Crippen LogP contribution is 2.16. The van der Waals surface area contributed by atoms with Crippen LogP contribution in [0.25, 0.3) is 0 Å². The van der Waals surface area contributed by atoms with E-state index in [9.17, 15) is 9.59 Å². The van der Waals surface area contributed by atoms with Crippen LogP contribution in [-0.4, -0.2) is 55.7 Å². The van der Waals surface area contributed by atoms with E-state index < -0.39 is 11.9 Å². The first-order chi connectivity index (χ1) is 8.66. The molecule has 2 amide bonds. The van der Waals surface area contributed by atoms with Crippen molar-refractivity contribution in [2.45, 2.75) is 19.4 Å². The SMILES string of the molecule is O=C(O)C1CCCN(C(=O)NCc2nn[nH]n2)C1. The van der Waals surface area contributed by atoms with Crippen molar-refractivity contribution in [3.05, 3.63) is 5.82 Å². The molecule has 0 bridgehead atoms. The van der Waals surface area contributed by atoms with Gasteiger partial charge in [0.25, 0.3) is 0 Å². The molecule has 2 rings (SSSR count). The first kappa shape index (κ1) is 12.3. The van der Waals surface area contributed by atoms with Gasteiger partial charge in [0.15, 0.2) is 5.82 Å². The zero-order chi connectivity index (χ0) is 13.0. The van der Waals surface area contributed by atoms with Crippen molar-refractivity contribution in [2.24, 2.45) is 5.92 Å². The number of piperidine rings is 1. The molecule has 0 aromatic carbocycles. The van der Waals surface area contributed by atoms with Crippen LogP contribution in [0.2, 0.25) is 0 Å². The van der Waals surface area contributed by atoms with Crippen molar-refractivity contribution in [3.8, 4) is 0 Å². The number of aromatic amines is 1. The minimum Gasteiger partial charge on any atom is -0.481 e. The lowest BCUT2D eigenvalue weighted by atomic mass is 9.99. The van der Waals surface area contributed by atoms with E-state index in [0.29, 0.717) is 25.2 Å². The summed E-state index contributed by atoms with van der Waals surface area (Å²) in [5.74, 6) is -0.949. The van der Waals surface area contributed by atoms with Gasteiger partial charge < -0.3 is 15.3 Å². The van der Waals surface area contributed by atoms with E-state index in [4.69, 9.17) is 5.11 Å². The fourth-order valence-electron chi connectivity index (χ4n) is 1.89. The Labute approximate surface area is 103 Å². The van der Waals surface area contributed by atoms with Crippen molar-refractivity contribution in [1.82, 2.24) is 30.8 Å². The average Bonchev–Trinajstić information content (AvgIpc) is 2.89. The molecule has 0 radical (unpaired) electrons. The number of hydrogen-bond acceptors (Lipinski definition) is 5. The number of H-pyrrole nitrogens is 1. The molecule has 1 aliphatic rings. The first-order valence-electron chi connectivity index (χ1n) is 5.64. The number of urea groups is 1. The number of carboxylic acid groups (broad SMARTS) is 1. The maximum atomic E-state index is 11.8. The highest BCUT2D eigenvalue weighted by atomic mass is 16.4. The van der Waals surface area contributed by atoms with E-state index in [0.717, 1.165) is 0 Å². The summed E-state index contributed by atoms with van der Waals surface area (Å²) in [4.78, 5) is 24.2. The third-order valence-corrected chi connectivity index (χ3v) is 2.84. The molecule has 0 spiro atoms. The Morgan fingerprint density at radius 3 is 3.06 bits per heavy atom. The molecule has 9 nitrogen and oxygen atoms in total. The summed E-state index contributed by atoms with van der Waals surface area (Å²) < 4.78 is 0. The highest BCUT2D eigenvalue weighted by Gasteiger charge is 2.27. The summed E-state index contributed by atoms with van der Waals surface area (Å²) in [5.41, 5.74) is 0. The molecular weight excluding hydrogens is 240 g/mol. The van der Waals surface area contributed by atoms with Gasteiger partial charge in [-0.1, -0.05) is 5.21 Å². The zero-order valence-electron chi connectivity index (χ0n) is 9.67. The molecule has 98 valence electrons. The number of carbonyl (C=O) groups excluding carboxylic acids is 1. The van der Waals surface area contributed by atoms with Crippen molar-refractivity contribution in [3.63, 3.8) is 0 Å². The van der Waals surface area contributed by atoms with Gasteiger partial charge in [-0.25, -0.2) is 4.79 Å². The topological polar surface area (TPSA) is 124 Å². The zero-order valence-corrected chi connectivity index (χ0v) is 9.67. The van der Waals surface area contributed by atoms with Crippen molar-refractivity contribution in [1.29, 1.82) is 0 Å². The van der Waals surface area contributed by atoms with Crippen LogP contribution in [0.3, 0.4) is 0 Å². The molecule has 9 heteroatoms. The van der Waals surface area contributed by atoms with E-state index >= 15 is 0 Å². The second-order valence-electron chi connectivity index (χ2n) is 4.11. The van der Waals surface area contributed by atoms with Crippen LogP contribution < -0.4 is 5.32 Å². The number of hydrogen-bond donors (Lipinski definition) is 3. The van der Waals surface area contributed by atoms with Crippen molar-refractivity contribution < 1.29 is 14.7 Å². The van der Waals surface area contributed by atoms with Gasteiger partial charge in [-0.2, -0.15) is 5.21 Å². The molecule has 1 aromatic rings. The summed E-state index contributed by atoms with van der Waals surface area (Å²) in [7, 11) is 0. The maximum Gasteiger partial charge on any atom is 0.317 e. The van der Waals surface area contributed by atoms with Crippen molar-refractivity contribution in [2.75, 3.05) is 13.1 Å². The molecule has 18 heavy (non-hydrogen) atoms. The second kappa shape index (κ2) is 5.43. The van der Waals surface area contributed by atoms with Gasteiger partial charge >= 0.3 is 12.0 Å². The van der Waals surface area contributed by atoms with E-state index in [1.807, 2.05) is 0 Å². The monoisotopic (exact) mass is 254 g/mol. The fraction of sp³-hybridized carbons (Fsp3) is 0.667. The molecule has 1 saturated heterocycles. The van der Waals surface area contributed by atoms with Crippen LogP contribution in [0.15, 0.2) is 0 Å². The fourth-order valence-corrected chi connectivity index (χ4v) is 1.89. The van der Waals surface area contributed by atoms with Crippen LogP contribution in [-0.2, 0) is 11.3 Å².